The van der Waals surface area contributed by atoms with Crippen molar-refractivity contribution < 1.29 is 22.7 Å². The quantitative estimate of drug-likeness (QED) is 0.341. The Morgan fingerprint density at radius 3 is 2.44 bits per heavy atom. The number of hydrogen-bond acceptors (Lipinski definition) is 4. The molecule has 1 atom stereocenters. The van der Waals surface area contributed by atoms with Crippen LogP contribution in [0.5, 0.6) is 0 Å². The molecule has 144 valence electrons. The first-order valence-corrected chi connectivity index (χ1v) is 10.2. The van der Waals surface area contributed by atoms with Gasteiger partial charge in [-0.05, 0) is 51.5 Å². The SMILES string of the molecule is [B]c1c(C)cc(SC(CCC(F)(F)F)c2ccc(C(=O)OCC)s2)cc1C. The van der Waals surface area contributed by atoms with E-state index in [0.717, 1.165) is 20.9 Å². The average molecular weight is 412 g/mol. The maximum absolute atomic E-state index is 12.8. The maximum atomic E-state index is 12.8. The van der Waals surface area contributed by atoms with E-state index in [-0.39, 0.29) is 13.0 Å². The normalized spacial score (nSPS) is 12.8. The molecule has 0 spiro atoms. The third-order valence-electron chi connectivity index (χ3n) is 3.96. The number of halogens is 3. The van der Waals surface area contributed by atoms with Gasteiger partial charge in [-0.3, -0.25) is 0 Å². The van der Waals surface area contributed by atoms with E-state index in [1.165, 1.54) is 23.1 Å². The van der Waals surface area contributed by atoms with Gasteiger partial charge in [0.1, 0.15) is 12.7 Å². The predicted octanol–water partition coefficient (Wildman–Crippen LogP) is 5.51. The second-order valence-corrected chi connectivity index (χ2v) is 8.55. The predicted molar refractivity (Wildman–Crippen MR) is 105 cm³/mol. The molecule has 0 saturated carbocycles. The minimum Gasteiger partial charge on any atom is -0.462 e. The van der Waals surface area contributed by atoms with Gasteiger partial charge in [-0.2, -0.15) is 13.2 Å². The first-order chi connectivity index (χ1) is 12.6. The van der Waals surface area contributed by atoms with Crippen molar-refractivity contribution in [1.29, 1.82) is 0 Å². The molecule has 1 heterocycles. The van der Waals surface area contributed by atoms with Gasteiger partial charge in [-0.25, -0.2) is 4.79 Å². The Morgan fingerprint density at radius 2 is 1.89 bits per heavy atom. The van der Waals surface area contributed by atoms with Crippen LogP contribution in [0.2, 0.25) is 0 Å². The van der Waals surface area contributed by atoms with Crippen molar-refractivity contribution in [1.82, 2.24) is 0 Å². The monoisotopic (exact) mass is 412 g/mol. The number of thiophene rings is 1. The van der Waals surface area contributed by atoms with Crippen molar-refractivity contribution in [2.75, 3.05) is 6.61 Å². The third kappa shape index (κ3) is 6.31. The number of aryl methyl sites for hydroxylation is 2. The fourth-order valence-corrected chi connectivity index (χ4v) is 5.01. The number of rotatable bonds is 7. The zero-order chi connectivity index (χ0) is 20.2. The summed E-state index contributed by atoms with van der Waals surface area (Å²) < 4.78 is 43.3. The zero-order valence-electron chi connectivity index (χ0n) is 15.4. The molecule has 2 nitrogen and oxygen atoms in total. The highest BCUT2D eigenvalue weighted by atomic mass is 32.2. The lowest BCUT2D eigenvalue weighted by molar-refractivity contribution is -0.135. The molecule has 0 aliphatic carbocycles. The van der Waals surface area contributed by atoms with E-state index in [4.69, 9.17) is 12.6 Å². The lowest BCUT2D eigenvalue weighted by Gasteiger charge is -2.18. The summed E-state index contributed by atoms with van der Waals surface area (Å²) in [6, 6.07) is 7.08. The fraction of sp³-hybridized carbons (Fsp3) is 0.421. The van der Waals surface area contributed by atoms with Gasteiger partial charge in [0.15, 0.2) is 0 Å². The molecule has 0 N–H and O–H groups in total. The van der Waals surface area contributed by atoms with Gasteiger partial charge < -0.3 is 4.74 Å². The van der Waals surface area contributed by atoms with E-state index in [1.807, 2.05) is 26.0 Å². The number of benzene rings is 1. The van der Waals surface area contributed by atoms with E-state index < -0.39 is 23.8 Å². The molecule has 1 aromatic carbocycles. The number of esters is 1. The molecule has 0 fully saturated rings. The summed E-state index contributed by atoms with van der Waals surface area (Å²) in [5, 5.41) is -0.415. The Kier molecular flexibility index (Phi) is 7.45. The Balaban J connectivity index is 2.27. The molecule has 0 saturated heterocycles. The van der Waals surface area contributed by atoms with Crippen molar-refractivity contribution in [3.05, 3.63) is 45.1 Å². The van der Waals surface area contributed by atoms with Crippen molar-refractivity contribution in [2.24, 2.45) is 0 Å². The maximum Gasteiger partial charge on any atom is 0.389 e. The van der Waals surface area contributed by atoms with Gasteiger partial charge in [0.2, 0.25) is 0 Å². The van der Waals surface area contributed by atoms with Crippen molar-refractivity contribution in [3.8, 4) is 0 Å². The number of alkyl halides is 3. The molecule has 0 bridgehead atoms. The molecule has 0 aliphatic rings. The summed E-state index contributed by atoms with van der Waals surface area (Å²) in [5.74, 6) is -0.451. The van der Waals surface area contributed by atoms with Gasteiger partial charge in [0, 0.05) is 21.4 Å². The molecule has 8 heteroatoms. The molecule has 2 radical (unpaired) electrons. The minimum atomic E-state index is -4.23. The molecule has 2 rings (SSSR count). The highest BCUT2D eigenvalue weighted by Crippen LogP contribution is 2.43. The lowest BCUT2D eigenvalue weighted by atomic mass is 9.87. The van der Waals surface area contributed by atoms with Crippen LogP contribution in [0.1, 0.15) is 50.7 Å². The Hall–Kier alpha value is -1.41. The van der Waals surface area contributed by atoms with Crippen LogP contribution in [0, 0.1) is 13.8 Å². The van der Waals surface area contributed by atoms with Gasteiger partial charge in [0.05, 0.1) is 6.61 Å². The highest BCUT2D eigenvalue weighted by Gasteiger charge is 2.30. The number of ether oxygens (including phenoxy) is 1. The first-order valence-electron chi connectivity index (χ1n) is 8.47. The number of hydrogen-bond donors (Lipinski definition) is 0. The number of carbonyl (C=O) groups is 1. The van der Waals surface area contributed by atoms with Gasteiger partial charge in [-0.15, -0.1) is 23.1 Å². The topological polar surface area (TPSA) is 26.3 Å². The van der Waals surface area contributed by atoms with Crippen LogP contribution in [0.25, 0.3) is 0 Å². The average Bonchev–Trinajstić information content (AvgIpc) is 3.05. The molecule has 27 heavy (non-hydrogen) atoms. The van der Waals surface area contributed by atoms with E-state index in [9.17, 15) is 18.0 Å². The van der Waals surface area contributed by atoms with E-state index in [0.29, 0.717) is 10.3 Å². The van der Waals surface area contributed by atoms with Crippen LogP contribution in [0.15, 0.2) is 29.2 Å². The van der Waals surface area contributed by atoms with Crippen LogP contribution in [0.4, 0.5) is 13.2 Å². The van der Waals surface area contributed by atoms with Crippen LogP contribution in [-0.4, -0.2) is 26.6 Å². The smallest absolute Gasteiger partial charge is 0.389 e. The van der Waals surface area contributed by atoms with Crippen LogP contribution in [0.3, 0.4) is 0 Å². The van der Waals surface area contributed by atoms with Crippen LogP contribution in [-0.2, 0) is 4.74 Å². The van der Waals surface area contributed by atoms with E-state index in [1.54, 1.807) is 19.1 Å². The van der Waals surface area contributed by atoms with Crippen molar-refractivity contribution >= 4 is 42.4 Å². The summed E-state index contributed by atoms with van der Waals surface area (Å²) in [5.41, 5.74) is 2.47. The number of thioether (sulfide) groups is 1. The molecule has 1 aromatic heterocycles. The molecular weight excluding hydrogens is 392 g/mol. The molecule has 2 aromatic rings. The minimum absolute atomic E-state index is 0.0700. The fourth-order valence-electron chi connectivity index (χ4n) is 2.56. The molecule has 0 amide bonds. The highest BCUT2D eigenvalue weighted by molar-refractivity contribution is 7.99. The summed E-state index contributed by atoms with van der Waals surface area (Å²) in [4.78, 5) is 13.8. The second kappa shape index (κ2) is 9.19. The Labute approximate surface area is 166 Å². The van der Waals surface area contributed by atoms with E-state index in [2.05, 4.69) is 0 Å². The first kappa shape index (κ1) is 21.9. The second-order valence-electron chi connectivity index (χ2n) is 6.15. The van der Waals surface area contributed by atoms with Crippen LogP contribution >= 0.6 is 23.1 Å². The van der Waals surface area contributed by atoms with Gasteiger partial charge >= 0.3 is 12.1 Å². The molecule has 1 unspecified atom stereocenters. The molecular formula is C19H20BF3O2S2. The van der Waals surface area contributed by atoms with Gasteiger partial charge in [-0.1, -0.05) is 16.6 Å². The molecule has 0 aliphatic heterocycles. The zero-order valence-corrected chi connectivity index (χ0v) is 17.0. The summed E-state index contributed by atoms with van der Waals surface area (Å²) in [6.07, 6.45) is -5.18. The third-order valence-corrected chi connectivity index (χ3v) is 6.57. The van der Waals surface area contributed by atoms with Gasteiger partial charge in [0.25, 0.3) is 0 Å². The summed E-state index contributed by atoms with van der Waals surface area (Å²) in [7, 11) is 5.97. The Bertz CT molecular complexity index is 779. The van der Waals surface area contributed by atoms with E-state index >= 15 is 0 Å². The number of carbonyl (C=O) groups excluding carboxylic acids is 1. The lowest BCUT2D eigenvalue weighted by Crippen LogP contribution is -2.12. The van der Waals surface area contributed by atoms with Crippen LogP contribution < -0.4 is 5.46 Å². The summed E-state index contributed by atoms with van der Waals surface area (Å²) >= 11 is 2.54. The largest absolute Gasteiger partial charge is 0.462 e. The van der Waals surface area contributed by atoms with Crippen molar-refractivity contribution in [3.63, 3.8) is 0 Å². The van der Waals surface area contributed by atoms with Crippen molar-refractivity contribution in [2.45, 2.75) is 49.9 Å². The standard InChI is InChI=1S/C19H20BF3O2S2/c1-4-25-18(24)16-6-5-14(27-16)15(7-8-19(21,22)23)26-13-9-11(2)17(20)12(3)10-13/h5-6,9-10,15H,4,7-8H2,1-3H3. The Morgan fingerprint density at radius 1 is 1.26 bits per heavy atom. The summed E-state index contributed by atoms with van der Waals surface area (Å²) in [6.45, 7) is 5.71.